The molecule has 0 fully saturated rings. The zero-order valence-corrected chi connectivity index (χ0v) is 9.58. The van der Waals surface area contributed by atoms with Gasteiger partial charge in [-0.1, -0.05) is 58.4 Å². The maximum absolute atomic E-state index is 4.96. The first-order valence-corrected chi connectivity index (χ1v) is 5.29. The molecule has 1 aromatic carbocycles. The summed E-state index contributed by atoms with van der Waals surface area (Å²) in [5, 5.41) is 2.33. The van der Waals surface area contributed by atoms with Gasteiger partial charge in [-0.25, -0.2) is 0 Å². The fraction of sp³-hybridized carbons (Fsp3) is 0.385. The third-order valence-electron chi connectivity index (χ3n) is 1.39. The normalized spacial score (nSPS) is 8.29. The average molecular weight is 192 g/mol. The highest BCUT2D eigenvalue weighted by Crippen LogP contribution is 2.12. The molecule has 1 nitrogen and oxygen atoms in total. The molecule has 78 valence electrons. The summed E-state index contributed by atoms with van der Waals surface area (Å²) in [7, 11) is 0. The van der Waals surface area contributed by atoms with Gasteiger partial charge in [0.1, 0.15) is 0 Å². The summed E-state index contributed by atoms with van der Waals surface area (Å²) >= 11 is 0. The molecule has 0 radical (unpaired) electrons. The van der Waals surface area contributed by atoms with Crippen molar-refractivity contribution >= 4 is 10.8 Å². The second-order valence-corrected chi connectivity index (χ2v) is 2.71. The maximum Gasteiger partial charge on any atom is 0.0981 e. The van der Waals surface area contributed by atoms with E-state index in [4.69, 9.17) is 4.42 Å². The van der Waals surface area contributed by atoms with E-state index >= 15 is 0 Å². The van der Waals surface area contributed by atoms with Crippen LogP contribution in [0.3, 0.4) is 0 Å². The van der Waals surface area contributed by atoms with E-state index in [0.29, 0.717) is 0 Å². The summed E-state index contributed by atoms with van der Waals surface area (Å²) in [6.45, 7) is 8.25. The Labute approximate surface area is 86.7 Å². The van der Waals surface area contributed by atoms with Crippen LogP contribution in [0.5, 0.6) is 0 Å². The van der Waals surface area contributed by atoms with E-state index in [9.17, 15) is 0 Å². The molecule has 0 spiro atoms. The van der Waals surface area contributed by atoms with Crippen LogP contribution in [0.1, 0.15) is 34.1 Å². The van der Waals surface area contributed by atoms with Crippen LogP contribution in [0.4, 0.5) is 0 Å². The van der Waals surface area contributed by atoms with E-state index < -0.39 is 0 Å². The number of fused-ring (bicyclic) bond motifs is 1. The molecule has 0 bridgehead atoms. The van der Waals surface area contributed by atoms with E-state index in [1.807, 2.05) is 38.1 Å². The molecule has 2 rings (SSSR count). The van der Waals surface area contributed by atoms with Gasteiger partial charge < -0.3 is 4.42 Å². The van der Waals surface area contributed by atoms with E-state index in [-0.39, 0.29) is 0 Å². The molecule has 2 aromatic rings. The minimum atomic E-state index is 1.16. The van der Waals surface area contributed by atoms with Gasteiger partial charge >= 0.3 is 0 Å². The molecular weight excluding hydrogens is 172 g/mol. The van der Waals surface area contributed by atoms with Crippen LogP contribution >= 0.6 is 0 Å². The Morgan fingerprint density at radius 2 is 1.29 bits per heavy atom. The molecule has 1 heteroatoms. The summed E-state index contributed by atoms with van der Waals surface area (Å²) in [4.78, 5) is 0. The van der Waals surface area contributed by atoms with Gasteiger partial charge in [0.25, 0.3) is 0 Å². The predicted molar refractivity (Wildman–Crippen MR) is 63.5 cm³/mol. The molecule has 0 saturated heterocycles. The van der Waals surface area contributed by atoms with Gasteiger partial charge in [0, 0.05) is 10.8 Å². The molecule has 0 unspecified atom stereocenters. The average Bonchev–Trinajstić information content (AvgIpc) is 2.69. The van der Waals surface area contributed by atoms with Gasteiger partial charge in [-0.15, -0.1) is 0 Å². The summed E-state index contributed by atoms with van der Waals surface area (Å²) < 4.78 is 4.96. The summed E-state index contributed by atoms with van der Waals surface area (Å²) in [6, 6.07) is 8.05. The Morgan fingerprint density at radius 1 is 0.929 bits per heavy atom. The Hall–Kier alpha value is -1.24. The van der Waals surface area contributed by atoms with Crippen LogP contribution in [0.25, 0.3) is 10.8 Å². The van der Waals surface area contributed by atoms with Gasteiger partial charge in [0.05, 0.1) is 12.5 Å². The largest absolute Gasteiger partial charge is 0.471 e. The molecule has 14 heavy (non-hydrogen) atoms. The third-order valence-corrected chi connectivity index (χ3v) is 1.39. The first-order valence-electron chi connectivity index (χ1n) is 5.29. The molecule has 0 aliphatic rings. The minimum absolute atomic E-state index is 1.16. The number of hydrogen-bond acceptors (Lipinski definition) is 1. The van der Waals surface area contributed by atoms with E-state index in [1.54, 1.807) is 12.5 Å². The van der Waals surface area contributed by atoms with Gasteiger partial charge in [0.15, 0.2) is 0 Å². The van der Waals surface area contributed by atoms with Crippen LogP contribution in [0, 0.1) is 0 Å². The Morgan fingerprint density at radius 3 is 1.64 bits per heavy atom. The zero-order chi connectivity index (χ0) is 10.8. The summed E-state index contributed by atoms with van der Waals surface area (Å²) in [5.74, 6) is 0. The minimum Gasteiger partial charge on any atom is -0.471 e. The highest BCUT2D eigenvalue weighted by Gasteiger charge is 1.89. The molecule has 0 aliphatic heterocycles. The number of furan rings is 1. The molecule has 1 heterocycles. The lowest BCUT2D eigenvalue weighted by atomic mass is 10.2. The molecule has 0 atom stereocenters. The fourth-order valence-electron chi connectivity index (χ4n) is 0.906. The maximum atomic E-state index is 4.96. The van der Waals surface area contributed by atoms with Crippen LogP contribution in [-0.2, 0) is 0 Å². The van der Waals surface area contributed by atoms with Crippen LogP contribution in [0.2, 0.25) is 0 Å². The standard InChI is InChI=1S/C8H6O.C3H8.C2H6/c1-2-4-8-6-9-5-7(8)3-1;1-3-2;1-2/h1-6H;3H2,1-2H3;1-2H3. The summed E-state index contributed by atoms with van der Waals surface area (Å²) in [5.41, 5.74) is 0. The quantitative estimate of drug-likeness (QED) is 0.580. The Balaban J connectivity index is 0.000000294. The lowest BCUT2D eigenvalue weighted by Crippen LogP contribution is -1.57. The monoisotopic (exact) mass is 192 g/mol. The van der Waals surface area contributed by atoms with Crippen LogP contribution < -0.4 is 0 Å². The van der Waals surface area contributed by atoms with Crippen LogP contribution in [0.15, 0.2) is 41.2 Å². The molecule has 0 aliphatic carbocycles. The number of rotatable bonds is 0. The van der Waals surface area contributed by atoms with Crippen molar-refractivity contribution in [3.8, 4) is 0 Å². The number of benzene rings is 1. The van der Waals surface area contributed by atoms with Crippen molar-refractivity contribution in [2.75, 3.05) is 0 Å². The molecule has 0 N–H and O–H groups in total. The molecule has 0 amide bonds. The first kappa shape index (κ1) is 12.8. The zero-order valence-electron chi connectivity index (χ0n) is 9.58. The summed E-state index contributed by atoms with van der Waals surface area (Å²) in [6.07, 6.45) is 4.74. The van der Waals surface area contributed by atoms with Gasteiger partial charge in [-0.3, -0.25) is 0 Å². The predicted octanol–water partition coefficient (Wildman–Crippen LogP) is 4.88. The van der Waals surface area contributed by atoms with Crippen molar-refractivity contribution in [1.29, 1.82) is 0 Å². The lowest BCUT2D eigenvalue weighted by molar-refractivity contribution is 0.572. The number of hydrogen-bond donors (Lipinski definition) is 0. The second kappa shape index (κ2) is 8.36. The Kier molecular flexibility index (Phi) is 7.62. The highest BCUT2D eigenvalue weighted by molar-refractivity contribution is 5.80. The van der Waals surface area contributed by atoms with Crippen molar-refractivity contribution in [3.05, 3.63) is 36.8 Å². The third kappa shape index (κ3) is 4.13. The van der Waals surface area contributed by atoms with Crippen molar-refractivity contribution in [1.82, 2.24) is 0 Å². The van der Waals surface area contributed by atoms with E-state index in [2.05, 4.69) is 13.8 Å². The van der Waals surface area contributed by atoms with Gasteiger partial charge in [-0.2, -0.15) is 0 Å². The first-order chi connectivity index (χ1) is 6.88. The topological polar surface area (TPSA) is 13.1 Å². The second-order valence-electron chi connectivity index (χ2n) is 2.71. The smallest absolute Gasteiger partial charge is 0.0981 e. The fourth-order valence-corrected chi connectivity index (χ4v) is 0.906. The van der Waals surface area contributed by atoms with Gasteiger partial charge in [0.2, 0.25) is 0 Å². The Bertz CT molecular complexity index is 292. The molecule has 1 aromatic heterocycles. The van der Waals surface area contributed by atoms with Crippen molar-refractivity contribution in [2.45, 2.75) is 34.1 Å². The SMILES string of the molecule is CC.CCC.c1ccc2cocc2c1. The van der Waals surface area contributed by atoms with Crippen molar-refractivity contribution < 1.29 is 4.42 Å². The molecule has 0 saturated carbocycles. The molecular formula is C13H20O. The van der Waals surface area contributed by atoms with E-state index in [1.165, 1.54) is 6.42 Å². The van der Waals surface area contributed by atoms with E-state index in [0.717, 1.165) is 10.8 Å². The van der Waals surface area contributed by atoms with Crippen LogP contribution in [-0.4, -0.2) is 0 Å². The van der Waals surface area contributed by atoms with Crippen molar-refractivity contribution in [3.63, 3.8) is 0 Å². The lowest BCUT2D eigenvalue weighted by Gasteiger charge is -1.80. The van der Waals surface area contributed by atoms with Gasteiger partial charge in [-0.05, 0) is 0 Å². The highest BCUT2D eigenvalue weighted by atomic mass is 16.3. The van der Waals surface area contributed by atoms with Crippen molar-refractivity contribution in [2.24, 2.45) is 0 Å².